The summed E-state index contributed by atoms with van der Waals surface area (Å²) in [6.45, 7) is 1.99. The molecule has 0 aromatic carbocycles. The van der Waals surface area contributed by atoms with E-state index in [0.29, 0.717) is 5.92 Å². The van der Waals surface area contributed by atoms with Crippen molar-refractivity contribution < 1.29 is 5.11 Å². The standard InChI is InChI=1S/C13H20BrNOS/c1-15(7-10-6-13(14)17-9-10)8-11-4-2-3-5-12(11)16/h6,9,11-12,16H,2-5,7-8H2,1H3. The van der Waals surface area contributed by atoms with E-state index in [9.17, 15) is 5.11 Å². The smallest absolute Gasteiger partial charge is 0.0701 e. The second-order valence-corrected chi connectivity index (χ2v) is 7.36. The van der Waals surface area contributed by atoms with Gasteiger partial charge in [0, 0.05) is 13.1 Å². The Morgan fingerprint density at radius 3 is 2.88 bits per heavy atom. The van der Waals surface area contributed by atoms with Gasteiger partial charge in [-0.2, -0.15) is 0 Å². The Morgan fingerprint density at radius 2 is 2.24 bits per heavy atom. The first-order valence-corrected chi connectivity index (χ1v) is 7.92. The Balaban J connectivity index is 1.82. The van der Waals surface area contributed by atoms with Gasteiger partial charge in [-0.3, -0.25) is 0 Å². The number of aliphatic hydroxyl groups is 1. The average molecular weight is 318 g/mol. The van der Waals surface area contributed by atoms with Gasteiger partial charge in [0.15, 0.2) is 0 Å². The van der Waals surface area contributed by atoms with Crippen LogP contribution in [0.4, 0.5) is 0 Å². The van der Waals surface area contributed by atoms with E-state index in [1.165, 1.54) is 28.6 Å². The van der Waals surface area contributed by atoms with E-state index in [1.54, 1.807) is 11.3 Å². The van der Waals surface area contributed by atoms with Crippen molar-refractivity contribution in [1.82, 2.24) is 4.90 Å². The fraction of sp³-hybridized carbons (Fsp3) is 0.692. The molecule has 1 fully saturated rings. The summed E-state index contributed by atoms with van der Waals surface area (Å²) in [5.41, 5.74) is 1.36. The van der Waals surface area contributed by atoms with E-state index >= 15 is 0 Å². The molecule has 1 saturated carbocycles. The van der Waals surface area contributed by atoms with Crippen molar-refractivity contribution >= 4 is 27.3 Å². The van der Waals surface area contributed by atoms with Gasteiger partial charge in [0.1, 0.15) is 0 Å². The zero-order valence-electron chi connectivity index (χ0n) is 10.2. The summed E-state index contributed by atoms with van der Waals surface area (Å²) in [7, 11) is 2.15. The van der Waals surface area contributed by atoms with E-state index in [0.717, 1.165) is 19.5 Å². The van der Waals surface area contributed by atoms with E-state index in [2.05, 4.69) is 39.3 Å². The second-order valence-electron chi connectivity index (χ2n) is 5.07. The molecule has 1 N–H and O–H groups in total. The van der Waals surface area contributed by atoms with Crippen molar-refractivity contribution in [3.8, 4) is 0 Å². The maximum Gasteiger partial charge on any atom is 0.0701 e. The van der Waals surface area contributed by atoms with Crippen LogP contribution in [-0.4, -0.2) is 29.7 Å². The predicted octanol–water partition coefficient (Wildman–Crippen LogP) is 3.49. The molecule has 2 nitrogen and oxygen atoms in total. The minimum atomic E-state index is -0.0830. The quantitative estimate of drug-likeness (QED) is 0.918. The molecule has 1 aromatic rings. The van der Waals surface area contributed by atoms with Gasteiger partial charge in [-0.05, 0) is 58.7 Å². The zero-order chi connectivity index (χ0) is 12.3. The molecule has 0 aliphatic heterocycles. The van der Waals surface area contributed by atoms with Crippen molar-refractivity contribution in [3.63, 3.8) is 0 Å². The van der Waals surface area contributed by atoms with Crippen LogP contribution in [0.5, 0.6) is 0 Å². The second kappa shape index (κ2) is 6.32. The lowest BCUT2D eigenvalue weighted by Crippen LogP contribution is -2.34. The van der Waals surface area contributed by atoms with E-state index in [4.69, 9.17) is 0 Å². The van der Waals surface area contributed by atoms with E-state index in [-0.39, 0.29) is 6.10 Å². The van der Waals surface area contributed by atoms with Crippen LogP contribution in [0, 0.1) is 5.92 Å². The lowest BCUT2D eigenvalue weighted by Gasteiger charge is -2.31. The lowest BCUT2D eigenvalue weighted by molar-refractivity contribution is 0.0502. The number of hydrogen-bond acceptors (Lipinski definition) is 3. The number of nitrogens with zero attached hydrogens (tertiary/aromatic N) is 1. The fourth-order valence-corrected chi connectivity index (χ4v) is 3.81. The van der Waals surface area contributed by atoms with Crippen molar-refractivity contribution in [3.05, 3.63) is 20.8 Å². The van der Waals surface area contributed by atoms with Crippen LogP contribution >= 0.6 is 27.3 Å². The Bertz CT molecular complexity index is 355. The molecule has 96 valence electrons. The molecular weight excluding hydrogens is 298 g/mol. The Hall–Kier alpha value is 0.1000. The molecule has 0 amide bonds. The summed E-state index contributed by atoms with van der Waals surface area (Å²) in [5.74, 6) is 0.468. The molecule has 1 aromatic heterocycles. The molecule has 17 heavy (non-hydrogen) atoms. The van der Waals surface area contributed by atoms with Crippen LogP contribution in [0.2, 0.25) is 0 Å². The summed E-state index contributed by atoms with van der Waals surface area (Å²) in [4.78, 5) is 2.33. The Labute approximate surface area is 116 Å². The third-order valence-electron chi connectivity index (χ3n) is 3.49. The summed E-state index contributed by atoms with van der Waals surface area (Å²) in [6, 6.07) is 2.18. The van der Waals surface area contributed by atoms with Crippen molar-refractivity contribution in [2.45, 2.75) is 38.3 Å². The first kappa shape index (κ1) is 13.5. The highest BCUT2D eigenvalue weighted by Gasteiger charge is 2.24. The number of hydrogen-bond donors (Lipinski definition) is 1. The highest BCUT2D eigenvalue weighted by Crippen LogP contribution is 2.26. The van der Waals surface area contributed by atoms with Crippen LogP contribution in [-0.2, 0) is 6.54 Å². The van der Waals surface area contributed by atoms with Gasteiger partial charge in [0.2, 0.25) is 0 Å². The molecule has 0 saturated heterocycles. The summed E-state index contributed by atoms with van der Waals surface area (Å²) in [6.07, 6.45) is 4.56. The molecule has 2 rings (SSSR count). The first-order chi connectivity index (χ1) is 8.15. The zero-order valence-corrected chi connectivity index (χ0v) is 12.6. The Kier molecular flexibility index (Phi) is 5.03. The van der Waals surface area contributed by atoms with E-state index < -0.39 is 0 Å². The molecule has 1 heterocycles. The minimum absolute atomic E-state index is 0.0830. The summed E-state index contributed by atoms with van der Waals surface area (Å²) < 4.78 is 1.19. The lowest BCUT2D eigenvalue weighted by atomic mass is 9.86. The van der Waals surface area contributed by atoms with Crippen LogP contribution in [0.1, 0.15) is 31.2 Å². The molecule has 1 aliphatic rings. The molecule has 0 spiro atoms. The third-order valence-corrected chi connectivity index (χ3v) is 5.04. The van der Waals surface area contributed by atoms with Crippen LogP contribution in [0.25, 0.3) is 0 Å². The highest BCUT2D eigenvalue weighted by molar-refractivity contribution is 9.11. The molecule has 2 unspecified atom stereocenters. The van der Waals surface area contributed by atoms with Gasteiger partial charge >= 0.3 is 0 Å². The molecule has 1 aliphatic carbocycles. The third kappa shape index (κ3) is 4.05. The molecule has 0 radical (unpaired) electrons. The SMILES string of the molecule is CN(Cc1csc(Br)c1)CC1CCCCC1O. The van der Waals surface area contributed by atoms with Gasteiger partial charge in [0.25, 0.3) is 0 Å². The molecule has 0 bridgehead atoms. The maximum atomic E-state index is 9.96. The van der Waals surface area contributed by atoms with Gasteiger partial charge in [-0.25, -0.2) is 0 Å². The van der Waals surface area contributed by atoms with Crippen molar-refractivity contribution in [1.29, 1.82) is 0 Å². The Morgan fingerprint density at radius 1 is 1.47 bits per heavy atom. The minimum Gasteiger partial charge on any atom is -0.393 e. The number of halogens is 1. The normalized spacial score (nSPS) is 25.4. The molecular formula is C13H20BrNOS. The van der Waals surface area contributed by atoms with E-state index in [1.807, 2.05) is 0 Å². The van der Waals surface area contributed by atoms with Gasteiger partial charge < -0.3 is 10.0 Å². The van der Waals surface area contributed by atoms with Gasteiger partial charge in [0.05, 0.1) is 9.89 Å². The number of rotatable bonds is 4. The predicted molar refractivity (Wildman–Crippen MR) is 76.3 cm³/mol. The van der Waals surface area contributed by atoms with Crippen LogP contribution in [0.15, 0.2) is 15.2 Å². The van der Waals surface area contributed by atoms with Crippen LogP contribution < -0.4 is 0 Å². The maximum absolute atomic E-state index is 9.96. The first-order valence-electron chi connectivity index (χ1n) is 6.24. The van der Waals surface area contributed by atoms with Gasteiger partial charge in [-0.1, -0.05) is 12.8 Å². The largest absolute Gasteiger partial charge is 0.393 e. The topological polar surface area (TPSA) is 23.5 Å². The summed E-state index contributed by atoms with van der Waals surface area (Å²) in [5, 5.41) is 12.1. The fourth-order valence-electron chi connectivity index (χ4n) is 2.61. The van der Waals surface area contributed by atoms with Crippen LogP contribution in [0.3, 0.4) is 0 Å². The summed E-state index contributed by atoms with van der Waals surface area (Å²) >= 11 is 5.22. The highest BCUT2D eigenvalue weighted by atomic mass is 79.9. The molecule has 2 atom stereocenters. The molecule has 4 heteroatoms. The number of thiophene rings is 1. The average Bonchev–Trinajstić information content (AvgIpc) is 2.67. The number of aliphatic hydroxyl groups excluding tert-OH is 1. The van der Waals surface area contributed by atoms with Crippen molar-refractivity contribution in [2.24, 2.45) is 5.92 Å². The van der Waals surface area contributed by atoms with Gasteiger partial charge in [-0.15, -0.1) is 11.3 Å². The monoisotopic (exact) mass is 317 g/mol. The van der Waals surface area contributed by atoms with Crippen molar-refractivity contribution in [2.75, 3.05) is 13.6 Å².